The van der Waals surface area contributed by atoms with Gasteiger partial charge in [-0.15, -0.1) is 216 Å². The summed E-state index contributed by atoms with van der Waals surface area (Å²) >= 11 is 0. The molecule has 760 valence electrons. The molecule has 20 heteroatoms. The molecule has 150 heavy (non-hydrogen) atoms. The van der Waals surface area contributed by atoms with Crippen molar-refractivity contribution in [2.24, 2.45) is 0 Å². The standard InChI is InChI=1S/C23H23N2O.3C20H17N2O.C13H12N.C12H10N.2C11H8N.4Ir/c1-13(2)16-9-10-24-20(12-16)17-7-6-8-18-21-19(14(3)4)11-15(5)25-23(21)26-22(17)18;3*1-12(2)16-11-13(3)22-20-18(16)15-8-6-7-14(19(15)23-20)17-9-4-5-10-21-17;1-10-8-13(14-9-11(10)2)12-6-4-3-5-7-12;1-10-7-8-12(13-9-10)11-5-3-2-4-6-11;2*1-2-6-10(7-3-1)11-8-4-5-9-12-11;;;;/h6,8-14H,1-5H3;3*4-6,8-12H,1-3H3;3-6,8-9H,1-2H3;2-5,7-9H,1H3;2*1-6,8-9H;;;;/q8*-1;;;;/i1D3,13D,14D;3*12D;2D3;1D3;;;;;;. The van der Waals surface area contributed by atoms with E-state index < -0.39 is 50.0 Å². The van der Waals surface area contributed by atoms with Crippen LogP contribution in [0.1, 0.15) is 185 Å². The van der Waals surface area contributed by atoms with Crippen LogP contribution in [0.15, 0.2) is 358 Å². The zero-order valence-electron chi connectivity index (χ0n) is 98.7. The van der Waals surface area contributed by atoms with Gasteiger partial charge in [-0.3, -0.25) is 0 Å². The molecule has 0 amide bonds. The average Bonchev–Trinajstić information content (AvgIpc) is 1.65. The van der Waals surface area contributed by atoms with E-state index in [1.54, 1.807) is 80.4 Å². The first-order valence-electron chi connectivity index (χ1n) is 54.5. The van der Waals surface area contributed by atoms with Gasteiger partial charge in [-0.1, -0.05) is 209 Å². The van der Waals surface area contributed by atoms with E-state index in [9.17, 15) is 0 Å². The molecule has 8 aromatic carbocycles. The second-order valence-corrected chi connectivity index (χ2v) is 35.3. The molecule has 0 aliphatic heterocycles. The number of hydrogen-bond donors (Lipinski definition) is 0. The summed E-state index contributed by atoms with van der Waals surface area (Å²) in [6.07, 6.45) is 13.2. The summed E-state index contributed by atoms with van der Waals surface area (Å²) in [4.78, 5) is 52.5. The molecule has 24 rings (SSSR count). The number of furan rings is 4. The van der Waals surface area contributed by atoms with Gasteiger partial charge in [-0.05, 0) is 217 Å². The minimum atomic E-state index is -2.49. The Balaban J connectivity index is 0.000000156. The Hall–Kier alpha value is -14.6. The Morgan fingerprint density at radius 3 is 0.827 bits per heavy atom. The molecule has 16 aromatic heterocycles. The number of nitrogens with zero attached hydrogens (tertiary/aromatic N) is 12. The molecular weight excluding hydrogens is 2560 g/mol. The average molecular weight is 2690 g/mol. The van der Waals surface area contributed by atoms with Crippen molar-refractivity contribution in [3.8, 4) is 90.1 Å². The van der Waals surface area contributed by atoms with Gasteiger partial charge in [0.2, 0.25) is 22.9 Å². The quantitative estimate of drug-likeness (QED) is 0.0984. The summed E-state index contributed by atoms with van der Waals surface area (Å²) in [6.45, 7) is 19.1. The molecule has 0 spiro atoms. The molecule has 0 saturated heterocycles. The van der Waals surface area contributed by atoms with Crippen LogP contribution in [-0.2, 0) is 80.4 Å². The molecule has 16 nitrogen and oxygen atoms in total. The van der Waals surface area contributed by atoms with E-state index >= 15 is 0 Å². The van der Waals surface area contributed by atoms with Crippen molar-refractivity contribution in [2.45, 2.75) is 147 Å². The zero-order valence-corrected chi connectivity index (χ0v) is 94.2. The third-order valence-electron chi connectivity index (χ3n) is 23.6. The molecule has 1 unspecified atom stereocenters. The van der Waals surface area contributed by atoms with Gasteiger partial charge in [0, 0.05) is 194 Å². The van der Waals surface area contributed by atoms with Crippen LogP contribution >= 0.6 is 0 Å². The minimum Gasteiger partial charge on any atom is -0.486 e. The Labute approximate surface area is 951 Å². The largest absolute Gasteiger partial charge is 0.486 e. The monoisotopic (exact) mass is 2690 g/mol. The van der Waals surface area contributed by atoms with Gasteiger partial charge >= 0.3 is 0 Å². The van der Waals surface area contributed by atoms with Crippen LogP contribution in [0.5, 0.6) is 0 Å². The number of fused-ring (bicyclic) bond motifs is 12. The van der Waals surface area contributed by atoms with Gasteiger partial charge in [0.25, 0.3) is 0 Å². The molecule has 16 heterocycles. The third kappa shape index (κ3) is 27.0. The molecule has 0 aliphatic carbocycles. The molecule has 0 fully saturated rings. The van der Waals surface area contributed by atoms with Gasteiger partial charge in [0.15, 0.2) is 0 Å². The maximum absolute atomic E-state index is 8.57. The molecular formula is C130H112Ir4N12O4-8. The summed E-state index contributed by atoms with van der Waals surface area (Å²) in [7, 11) is 0. The fourth-order valence-electron chi connectivity index (χ4n) is 16.6. The SMILES string of the molecule is [2H]C(C)(C)c1cc(C)nc2oc3c(-c4cc(C([2H])(C)C([2H])([2H])[2H])ccn4)[c-]ccc3c12.[2H]C(C)(C)c1cc(C)nc2oc3c(-c4ccccn4)[c-]ccc3c12.[2H]C(C)(C)c1cc(C)nc2oc3c(-c4ccccn4)[c-]ccc3c12.[2H]C(C)(C)c1cc(C)nc2oc3c(-c4ccccn4)[c-]ccc3c12.[2H]C([2H])([2H])c1ccc(-c2[c-]cccc2)nc1.[2H]C([2H])([2H])c1cnc(-c2[c-]cccc2)cc1C.[Ir].[Ir].[Ir].[Ir].[c-]1ccccc1-c1ccccn1.[c-]1ccccc1-c1ccccn1. The van der Waals surface area contributed by atoms with E-state index in [1.165, 1.54) is 25.5 Å². The van der Waals surface area contributed by atoms with E-state index in [0.717, 1.165) is 189 Å². The maximum atomic E-state index is 8.57. The molecule has 0 N–H and O–H groups in total. The van der Waals surface area contributed by atoms with Crippen molar-refractivity contribution in [1.82, 2.24) is 59.8 Å². The molecule has 0 saturated carbocycles. The molecule has 0 bridgehead atoms. The van der Waals surface area contributed by atoms with Gasteiger partial charge in [0.05, 0.1) is 22.3 Å². The number of pyridine rings is 12. The second kappa shape index (κ2) is 53.0. The van der Waals surface area contributed by atoms with Crippen LogP contribution in [0.3, 0.4) is 0 Å². The first kappa shape index (κ1) is 93.8. The fourth-order valence-corrected chi connectivity index (χ4v) is 16.6. The van der Waals surface area contributed by atoms with E-state index in [-0.39, 0.29) is 86.0 Å². The Morgan fingerprint density at radius 2 is 0.553 bits per heavy atom. The first-order valence-corrected chi connectivity index (χ1v) is 47.5. The predicted molar refractivity (Wildman–Crippen MR) is 592 cm³/mol. The molecule has 24 aromatic rings. The predicted octanol–water partition coefficient (Wildman–Crippen LogP) is 33.3. The number of aryl methyl sites for hydroxylation is 7. The first-order chi connectivity index (χ1) is 76.1. The third-order valence-corrected chi connectivity index (χ3v) is 23.6. The normalized spacial score (nSPS) is 13.1. The number of rotatable bonds is 13. The summed E-state index contributed by atoms with van der Waals surface area (Å²) in [5.41, 5.74) is 26.4. The van der Waals surface area contributed by atoms with Gasteiger partial charge in [-0.25, -0.2) is 19.9 Å². The number of hydrogen-bond acceptors (Lipinski definition) is 16. The Kier molecular flexibility index (Phi) is 33.2. The van der Waals surface area contributed by atoms with Crippen molar-refractivity contribution in [2.75, 3.05) is 0 Å². The summed E-state index contributed by atoms with van der Waals surface area (Å²) in [5.74, 6) is -4.87. The van der Waals surface area contributed by atoms with Gasteiger partial charge in [-0.2, -0.15) is 0 Å². The maximum Gasteiger partial charge on any atom is 0.216 e. The van der Waals surface area contributed by atoms with Crippen molar-refractivity contribution in [3.05, 3.63) is 457 Å². The second-order valence-electron chi connectivity index (χ2n) is 35.3. The van der Waals surface area contributed by atoms with Crippen LogP contribution in [0.25, 0.3) is 178 Å². The van der Waals surface area contributed by atoms with Crippen LogP contribution in [0, 0.1) is 96.9 Å². The van der Waals surface area contributed by atoms with E-state index in [0.29, 0.717) is 50.8 Å². The van der Waals surface area contributed by atoms with Crippen LogP contribution in [0.2, 0.25) is 0 Å². The van der Waals surface area contributed by atoms with E-state index in [2.05, 4.69) is 108 Å². The minimum absolute atomic E-state index is 0. The van der Waals surface area contributed by atoms with Crippen molar-refractivity contribution in [1.29, 1.82) is 0 Å². The number of aromatic nitrogens is 12. The molecule has 1 atom stereocenters. The summed E-state index contributed by atoms with van der Waals surface area (Å²) in [6, 6.07) is 116. The van der Waals surface area contributed by atoms with E-state index in [4.69, 9.17) is 36.9 Å². The number of benzene rings is 8. The van der Waals surface area contributed by atoms with Crippen molar-refractivity contribution in [3.63, 3.8) is 0 Å². The summed E-state index contributed by atoms with van der Waals surface area (Å²) < 4.78 is 134. The van der Waals surface area contributed by atoms with Gasteiger partial charge in [0.1, 0.15) is 0 Å². The van der Waals surface area contributed by atoms with E-state index in [1.807, 2.05) is 332 Å². The topological polar surface area (TPSA) is 207 Å². The van der Waals surface area contributed by atoms with Crippen molar-refractivity contribution < 1.29 is 117 Å². The Bertz CT molecular complexity index is 8660. The van der Waals surface area contributed by atoms with Crippen LogP contribution < -0.4 is 0 Å². The van der Waals surface area contributed by atoms with Crippen LogP contribution in [0.4, 0.5) is 0 Å². The fraction of sp³-hybridized carbons (Fsp3) is 0.169. The van der Waals surface area contributed by atoms with Crippen LogP contribution in [-0.4, -0.2) is 59.8 Å². The van der Waals surface area contributed by atoms with Crippen molar-refractivity contribution >= 4 is 88.3 Å². The smallest absolute Gasteiger partial charge is 0.216 e. The molecule has 4 radical (unpaired) electrons. The zero-order chi connectivity index (χ0) is 114. The van der Waals surface area contributed by atoms with Gasteiger partial charge < -0.3 is 57.5 Å². The summed E-state index contributed by atoms with van der Waals surface area (Å²) in [5, 5.41) is 7.14. The Morgan fingerprint density at radius 1 is 0.253 bits per heavy atom. The molecule has 0 aliphatic rings.